The maximum atomic E-state index is 14.4. The lowest BCUT2D eigenvalue weighted by atomic mass is 9.98. The van der Waals surface area contributed by atoms with Crippen LogP contribution in [0.5, 0.6) is 0 Å². The summed E-state index contributed by atoms with van der Waals surface area (Å²) < 4.78 is 34.2. The van der Waals surface area contributed by atoms with E-state index in [1.165, 1.54) is 0 Å². The van der Waals surface area contributed by atoms with E-state index in [0.29, 0.717) is 12.8 Å². The van der Waals surface area contributed by atoms with E-state index in [-0.39, 0.29) is 25.5 Å². The average molecular weight is 484 g/mol. The number of nitrogens with zero attached hydrogens (tertiary/aromatic N) is 1. The summed E-state index contributed by atoms with van der Waals surface area (Å²) in [5.41, 5.74) is 4.23. The maximum Gasteiger partial charge on any atom is 0.407 e. The Kier molecular flexibility index (Phi) is 5.94. The minimum Gasteiger partial charge on any atom is -0.480 e. The number of ether oxygens (including phenoxy) is 1. The van der Waals surface area contributed by atoms with Crippen LogP contribution in [0.4, 0.5) is 13.6 Å². The smallest absolute Gasteiger partial charge is 0.407 e. The molecule has 1 saturated carbocycles. The van der Waals surface area contributed by atoms with E-state index in [9.17, 15) is 28.3 Å². The zero-order chi connectivity index (χ0) is 24.7. The highest BCUT2D eigenvalue weighted by atomic mass is 19.3. The molecular formula is C26H26F2N2O5. The molecule has 3 atom stereocenters. The van der Waals surface area contributed by atoms with Crippen LogP contribution in [-0.4, -0.2) is 59.6 Å². The Morgan fingerprint density at radius 3 is 2.29 bits per heavy atom. The van der Waals surface area contributed by atoms with Gasteiger partial charge in [0, 0.05) is 19.0 Å². The first-order valence-corrected chi connectivity index (χ1v) is 11.8. The lowest BCUT2D eigenvalue weighted by molar-refractivity contribution is -0.153. The summed E-state index contributed by atoms with van der Waals surface area (Å²) in [5.74, 6) is -8.51. The average Bonchev–Trinajstić information content (AvgIpc) is 3.26. The fraction of sp³-hybridized carbons (Fsp3) is 0.423. The van der Waals surface area contributed by atoms with E-state index < -0.39 is 48.3 Å². The van der Waals surface area contributed by atoms with Gasteiger partial charge in [0.25, 0.3) is 5.92 Å². The molecule has 2 amide bonds. The Morgan fingerprint density at radius 1 is 1.03 bits per heavy atom. The molecule has 1 heterocycles. The molecule has 0 bridgehead atoms. The number of halogens is 2. The quantitative estimate of drug-likeness (QED) is 0.649. The van der Waals surface area contributed by atoms with Gasteiger partial charge in [-0.25, -0.2) is 18.4 Å². The zero-order valence-corrected chi connectivity index (χ0v) is 19.0. The fourth-order valence-corrected chi connectivity index (χ4v) is 5.45. The number of hydrogen-bond donors (Lipinski definition) is 2. The van der Waals surface area contributed by atoms with Crippen molar-refractivity contribution in [3.05, 3.63) is 59.7 Å². The molecule has 3 aliphatic rings. The van der Waals surface area contributed by atoms with E-state index >= 15 is 0 Å². The highest BCUT2D eigenvalue weighted by Crippen LogP contribution is 2.56. The van der Waals surface area contributed by atoms with Gasteiger partial charge in [0.1, 0.15) is 18.6 Å². The second-order valence-electron chi connectivity index (χ2n) is 9.35. The second-order valence-corrected chi connectivity index (χ2v) is 9.35. The molecule has 1 aliphatic heterocycles. The molecule has 2 aromatic carbocycles. The molecule has 2 aliphatic carbocycles. The monoisotopic (exact) mass is 484 g/mol. The van der Waals surface area contributed by atoms with Gasteiger partial charge in [-0.15, -0.1) is 0 Å². The minimum atomic E-state index is -3.30. The highest BCUT2D eigenvalue weighted by molar-refractivity contribution is 5.88. The summed E-state index contributed by atoms with van der Waals surface area (Å²) in [6, 6.07) is 14.6. The number of nitrogens with one attached hydrogen (secondary N) is 1. The molecule has 0 spiro atoms. The van der Waals surface area contributed by atoms with Crippen LogP contribution in [0.25, 0.3) is 11.1 Å². The molecule has 2 N–H and O–H groups in total. The van der Waals surface area contributed by atoms with Gasteiger partial charge in [-0.2, -0.15) is 0 Å². The van der Waals surface area contributed by atoms with Crippen LogP contribution in [0.15, 0.2) is 48.5 Å². The van der Waals surface area contributed by atoms with Gasteiger partial charge in [-0.1, -0.05) is 48.5 Å². The number of rotatable bonds is 6. The van der Waals surface area contributed by atoms with Crippen molar-refractivity contribution in [2.45, 2.75) is 37.1 Å². The predicted molar refractivity (Wildman–Crippen MR) is 122 cm³/mol. The predicted octanol–water partition coefficient (Wildman–Crippen LogP) is 3.87. The number of hydrogen-bond acceptors (Lipinski definition) is 4. The number of piperidine rings is 1. The Balaban J connectivity index is 1.18. The van der Waals surface area contributed by atoms with Crippen molar-refractivity contribution in [2.24, 2.45) is 11.8 Å². The van der Waals surface area contributed by atoms with Crippen molar-refractivity contribution in [1.29, 1.82) is 0 Å². The molecular weight excluding hydrogens is 458 g/mol. The summed E-state index contributed by atoms with van der Waals surface area (Å²) >= 11 is 0. The normalized spacial score (nSPS) is 24.3. The highest BCUT2D eigenvalue weighted by Gasteiger charge is 2.72. The summed E-state index contributed by atoms with van der Waals surface area (Å²) in [7, 11) is 0. The minimum absolute atomic E-state index is 0.0529. The molecule has 184 valence electrons. The first-order chi connectivity index (χ1) is 16.8. The van der Waals surface area contributed by atoms with Gasteiger partial charge in [-0.3, -0.25) is 4.79 Å². The lowest BCUT2D eigenvalue weighted by Gasteiger charge is -2.33. The number of likely N-dealkylation sites (tertiary alicyclic amines) is 1. The van der Waals surface area contributed by atoms with Crippen LogP contribution in [0.1, 0.15) is 36.3 Å². The van der Waals surface area contributed by atoms with Gasteiger partial charge in [-0.05, 0) is 41.5 Å². The van der Waals surface area contributed by atoms with E-state index in [4.69, 9.17) is 4.74 Å². The van der Waals surface area contributed by atoms with Crippen LogP contribution in [0.2, 0.25) is 0 Å². The van der Waals surface area contributed by atoms with E-state index in [0.717, 1.165) is 27.2 Å². The molecule has 0 aromatic heterocycles. The van der Waals surface area contributed by atoms with E-state index in [1.807, 2.05) is 48.5 Å². The number of amides is 2. The second kappa shape index (κ2) is 8.94. The SMILES string of the molecule is O=C(NC[C@H]1[C@@H](C(=O)N2CCCC[C@@H]2C(=O)O)C1(F)F)OCC1c2ccccc2-c2ccccc21. The third kappa shape index (κ3) is 4.13. The number of carboxylic acid groups (broad SMARTS) is 1. The largest absolute Gasteiger partial charge is 0.480 e. The lowest BCUT2D eigenvalue weighted by Crippen LogP contribution is -2.49. The van der Waals surface area contributed by atoms with Crippen LogP contribution in [0, 0.1) is 11.8 Å². The van der Waals surface area contributed by atoms with Gasteiger partial charge < -0.3 is 20.1 Å². The molecule has 35 heavy (non-hydrogen) atoms. The van der Waals surface area contributed by atoms with Gasteiger partial charge in [0.15, 0.2) is 0 Å². The number of carbonyl (C=O) groups is 3. The third-order valence-electron chi connectivity index (χ3n) is 7.35. The fourth-order valence-electron chi connectivity index (χ4n) is 5.45. The van der Waals surface area contributed by atoms with Crippen LogP contribution >= 0.6 is 0 Å². The number of alkyl carbamates (subject to hydrolysis) is 1. The van der Waals surface area contributed by atoms with Crippen molar-refractivity contribution >= 4 is 18.0 Å². The number of carboxylic acids is 1. The van der Waals surface area contributed by atoms with Gasteiger partial charge in [0.2, 0.25) is 5.91 Å². The molecule has 0 radical (unpaired) electrons. The van der Waals surface area contributed by atoms with Crippen molar-refractivity contribution < 1.29 is 33.0 Å². The molecule has 2 fully saturated rings. The molecule has 7 nitrogen and oxygen atoms in total. The molecule has 5 rings (SSSR count). The third-order valence-corrected chi connectivity index (χ3v) is 7.35. The molecule has 1 saturated heterocycles. The summed E-state index contributed by atoms with van der Waals surface area (Å²) in [4.78, 5) is 37.6. The molecule has 9 heteroatoms. The number of alkyl halides is 2. The Labute approximate surface area is 201 Å². The number of carbonyl (C=O) groups excluding carboxylic acids is 2. The summed E-state index contributed by atoms with van der Waals surface area (Å²) in [6.45, 7) is -0.224. The summed E-state index contributed by atoms with van der Waals surface area (Å²) in [6.07, 6.45) is 0.634. The zero-order valence-electron chi connectivity index (χ0n) is 19.0. The van der Waals surface area contributed by atoms with Crippen molar-refractivity contribution in [3.63, 3.8) is 0 Å². The Morgan fingerprint density at radius 2 is 1.66 bits per heavy atom. The Bertz CT molecular complexity index is 1120. The number of fused-ring (bicyclic) bond motifs is 3. The van der Waals surface area contributed by atoms with Crippen LogP contribution in [-0.2, 0) is 14.3 Å². The topological polar surface area (TPSA) is 95.9 Å². The van der Waals surface area contributed by atoms with Crippen molar-refractivity contribution in [2.75, 3.05) is 19.7 Å². The van der Waals surface area contributed by atoms with Crippen LogP contribution < -0.4 is 5.32 Å². The number of aliphatic carboxylic acids is 1. The molecule has 0 unspecified atom stereocenters. The van der Waals surface area contributed by atoms with Crippen molar-refractivity contribution in [1.82, 2.24) is 10.2 Å². The first kappa shape index (κ1) is 23.3. The maximum absolute atomic E-state index is 14.4. The molecule has 2 aromatic rings. The van der Waals surface area contributed by atoms with E-state index in [2.05, 4.69) is 5.32 Å². The van der Waals surface area contributed by atoms with Crippen molar-refractivity contribution in [3.8, 4) is 11.1 Å². The first-order valence-electron chi connectivity index (χ1n) is 11.8. The standard InChI is InChI=1S/C26H26F2N2O5/c27-26(28)20(22(26)23(31)30-12-6-5-11-21(30)24(32)33)13-29-25(34)35-14-19-17-9-3-1-7-15(17)16-8-2-4-10-18(16)19/h1-4,7-10,19-22H,5-6,11-14H2,(H,29,34)(H,32,33)/t20-,21+,22-/m0/s1. The van der Waals surface area contributed by atoms with Gasteiger partial charge >= 0.3 is 12.1 Å². The Hall–Kier alpha value is -3.49. The van der Waals surface area contributed by atoms with E-state index in [1.54, 1.807) is 0 Å². The number of benzene rings is 2. The van der Waals surface area contributed by atoms with Gasteiger partial charge in [0.05, 0.1) is 5.92 Å². The summed E-state index contributed by atoms with van der Waals surface area (Å²) in [5, 5.41) is 11.7. The van der Waals surface area contributed by atoms with Crippen LogP contribution in [0.3, 0.4) is 0 Å².